The van der Waals surface area contributed by atoms with E-state index < -0.39 is 0 Å². The van der Waals surface area contributed by atoms with Crippen LogP contribution in [-0.2, 0) is 0 Å². The number of carbonyl (C=O) groups excluding carboxylic acids is 1. The van der Waals surface area contributed by atoms with Crippen LogP contribution >= 0.6 is 11.3 Å². The van der Waals surface area contributed by atoms with Crippen LogP contribution in [-0.4, -0.2) is 61.6 Å². The zero-order valence-electron chi connectivity index (χ0n) is 16.7. The van der Waals surface area contributed by atoms with Crippen molar-refractivity contribution in [2.75, 3.05) is 26.2 Å². The molecule has 1 unspecified atom stereocenters. The first-order chi connectivity index (χ1) is 15.0. The fraction of sp³-hybridized carbons (Fsp3) is 0.286. The molecule has 4 heterocycles. The monoisotopic (exact) mass is 441 g/mol. The maximum atomic E-state index is 14.1. The fourth-order valence-electron chi connectivity index (χ4n) is 3.97. The average molecular weight is 441 g/mol. The molecule has 1 aliphatic rings. The van der Waals surface area contributed by atoms with Crippen LogP contribution in [0.5, 0.6) is 5.88 Å². The first-order valence-corrected chi connectivity index (χ1v) is 10.7. The molecule has 1 aromatic carbocycles. The van der Waals surface area contributed by atoms with E-state index in [1.807, 2.05) is 6.07 Å². The molecule has 5 rings (SSSR count). The van der Waals surface area contributed by atoms with Gasteiger partial charge in [0.2, 0.25) is 10.8 Å². The smallest absolute Gasteiger partial charge is 0.289 e. The second-order valence-electron chi connectivity index (χ2n) is 7.41. The standard InChI is InChI=1S/C21H20FN5O3S/c1-13-23-21-27(24-13)20(29)18(31-21)17(14-4-2-5-15(22)12-14)25-7-9-26(10-8-25)19(28)16-6-3-11-30-16/h2-6,11-12,17,29H,7-10H2,1H3. The molecule has 1 atom stereocenters. The van der Waals surface area contributed by atoms with Gasteiger partial charge in [-0.2, -0.15) is 4.52 Å². The van der Waals surface area contributed by atoms with Crippen LogP contribution in [0.15, 0.2) is 47.1 Å². The molecule has 1 saturated heterocycles. The zero-order valence-corrected chi connectivity index (χ0v) is 17.5. The first kappa shape index (κ1) is 19.7. The molecule has 0 aliphatic carbocycles. The van der Waals surface area contributed by atoms with Crippen LogP contribution < -0.4 is 0 Å². The number of thiazole rings is 1. The van der Waals surface area contributed by atoms with Gasteiger partial charge in [-0.1, -0.05) is 23.5 Å². The van der Waals surface area contributed by atoms with E-state index >= 15 is 0 Å². The number of aromatic hydroxyl groups is 1. The van der Waals surface area contributed by atoms with Gasteiger partial charge in [0, 0.05) is 26.2 Å². The Morgan fingerprint density at radius 3 is 2.71 bits per heavy atom. The van der Waals surface area contributed by atoms with E-state index in [4.69, 9.17) is 4.42 Å². The van der Waals surface area contributed by atoms with Gasteiger partial charge in [-0.05, 0) is 36.8 Å². The SMILES string of the molecule is Cc1nc2sc(C(c3cccc(F)c3)N3CCN(C(=O)c4ccco4)CC3)c(O)n2n1. The Labute approximate surface area is 181 Å². The molecule has 160 valence electrons. The van der Waals surface area contributed by atoms with Crippen LogP contribution in [0.25, 0.3) is 4.96 Å². The number of amides is 1. The van der Waals surface area contributed by atoms with E-state index in [0.29, 0.717) is 47.6 Å². The molecule has 10 heteroatoms. The van der Waals surface area contributed by atoms with Crippen molar-refractivity contribution in [3.8, 4) is 5.88 Å². The number of aryl methyl sites for hydroxylation is 1. The summed E-state index contributed by atoms with van der Waals surface area (Å²) < 4.78 is 20.7. The molecular formula is C21H20FN5O3S. The van der Waals surface area contributed by atoms with E-state index in [1.165, 1.54) is 34.2 Å². The number of benzene rings is 1. The van der Waals surface area contributed by atoms with Crippen molar-refractivity contribution < 1.29 is 18.7 Å². The predicted molar refractivity (Wildman–Crippen MR) is 112 cm³/mol. The molecule has 1 aliphatic heterocycles. The molecule has 1 N–H and O–H groups in total. The van der Waals surface area contributed by atoms with E-state index in [2.05, 4.69) is 15.0 Å². The minimum absolute atomic E-state index is 0.00366. The summed E-state index contributed by atoms with van der Waals surface area (Å²) in [5.74, 6) is 0.395. The van der Waals surface area contributed by atoms with Gasteiger partial charge in [-0.25, -0.2) is 9.37 Å². The molecule has 3 aromatic heterocycles. The lowest BCUT2D eigenvalue weighted by Gasteiger charge is -2.38. The van der Waals surface area contributed by atoms with Gasteiger partial charge in [0.05, 0.1) is 17.2 Å². The summed E-state index contributed by atoms with van der Waals surface area (Å²) in [7, 11) is 0. The third-order valence-corrected chi connectivity index (χ3v) is 6.49. The number of rotatable bonds is 4. The van der Waals surface area contributed by atoms with Crippen LogP contribution in [0.3, 0.4) is 0 Å². The van der Waals surface area contributed by atoms with Gasteiger partial charge >= 0.3 is 0 Å². The van der Waals surface area contributed by atoms with Crippen molar-refractivity contribution in [3.63, 3.8) is 0 Å². The highest BCUT2D eigenvalue weighted by Gasteiger charge is 2.33. The summed E-state index contributed by atoms with van der Waals surface area (Å²) in [6.07, 6.45) is 1.48. The van der Waals surface area contributed by atoms with Gasteiger partial charge in [0.15, 0.2) is 5.76 Å². The summed E-state index contributed by atoms with van der Waals surface area (Å²) in [5, 5.41) is 15.1. The van der Waals surface area contributed by atoms with Crippen molar-refractivity contribution in [1.29, 1.82) is 0 Å². The second-order valence-corrected chi connectivity index (χ2v) is 8.42. The number of carbonyl (C=O) groups is 1. The molecule has 0 spiro atoms. The van der Waals surface area contributed by atoms with Crippen molar-refractivity contribution in [2.45, 2.75) is 13.0 Å². The van der Waals surface area contributed by atoms with Gasteiger partial charge in [-0.3, -0.25) is 9.69 Å². The number of hydrogen-bond donors (Lipinski definition) is 1. The minimum atomic E-state index is -0.384. The number of hydrogen-bond acceptors (Lipinski definition) is 7. The summed E-state index contributed by atoms with van der Waals surface area (Å²) >= 11 is 1.33. The molecule has 0 saturated carbocycles. The van der Waals surface area contributed by atoms with Crippen molar-refractivity contribution in [3.05, 3.63) is 70.5 Å². The van der Waals surface area contributed by atoms with Crippen LogP contribution in [0.4, 0.5) is 4.39 Å². The number of aromatic nitrogens is 3. The van der Waals surface area contributed by atoms with E-state index in [1.54, 1.807) is 30.0 Å². The van der Waals surface area contributed by atoms with Crippen LogP contribution in [0, 0.1) is 12.7 Å². The normalized spacial score (nSPS) is 16.1. The van der Waals surface area contributed by atoms with Gasteiger partial charge in [0.25, 0.3) is 5.91 Å². The molecule has 8 nitrogen and oxygen atoms in total. The Balaban J connectivity index is 1.46. The largest absolute Gasteiger partial charge is 0.492 e. The molecule has 31 heavy (non-hydrogen) atoms. The number of piperazine rings is 1. The van der Waals surface area contributed by atoms with Crippen LogP contribution in [0.2, 0.25) is 0 Å². The Kier molecular flexibility index (Phi) is 4.95. The van der Waals surface area contributed by atoms with Gasteiger partial charge in [-0.15, -0.1) is 5.10 Å². The zero-order chi connectivity index (χ0) is 21.5. The number of nitrogens with zero attached hydrogens (tertiary/aromatic N) is 5. The van der Waals surface area contributed by atoms with Crippen molar-refractivity contribution in [1.82, 2.24) is 24.4 Å². The highest BCUT2D eigenvalue weighted by atomic mass is 32.1. The summed E-state index contributed by atoms with van der Waals surface area (Å²) in [4.78, 5) is 22.1. The minimum Gasteiger partial charge on any atom is -0.492 e. The Morgan fingerprint density at radius 1 is 1.23 bits per heavy atom. The van der Waals surface area contributed by atoms with E-state index in [0.717, 1.165) is 5.56 Å². The van der Waals surface area contributed by atoms with Crippen LogP contribution in [0.1, 0.15) is 32.9 Å². The summed E-state index contributed by atoms with van der Waals surface area (Å²) in [5.41, 5.74) is 0.724. The molecule has 0 bridgehead atoms. The topological polar surface area (TPSA) is 87.1 Å². The number of fused-ring (bicyclic) bond motifs is 1. The lowest BCUT2D eigenvalue weighted by Crippen LogP contribution is -2.49. The van der Waals surface area contributed by atoms with Gasteiger partial charge in [0.1, 0.15) is 11.6 Å². The first-order valence-electron chi connectivity index (χ1n) is 9.88. The lowest BCUT2D eigenvalue weighted by molar-refractivity contribution is 0.0567. The number of halogens is 1. The predicted octanol–water partition coefficient (Wildman–Crippen LogP) is 3.08. The highest BCUT2D eigenvalue weighted by molar-refractivity contribution is 7.17. The summed E-state index contributed by atoms with van der Waals surface area (Å²) in [6, 6.07) is 9.33. The lowest BCUT2D eigenvalue weighted by atomic mass is 10.0. The van der Waals surface area contributed by atoms with E-state index in [9.17, 15) is 14.3 Å². The second kappa shape index (κ2) is 7.78. The Morgan fingerprint density at radius 2 is 2.03 bits per heavy atom. The molecule has 0 radical (unpaired) electrons. The Hall–Kier alpha value is -3.24. The molecule has 4 aromatic rings. The third kappa shape index (κ3) is 3.57. The quantitative estimate of drug-likeness (QED) is 0.524. The van der Waals surface area contributed by atoms with Crippen molar-refractivity contribution >= 4 is 22.2 Å². The maximum Gasteiger partial charge on any atom is 0.289 e. The third-order valence-electron chi connectivity index (χ3n) is 5.42. The highest BCUT2D eigenvalue weighted by Crippen LogP contribution is 2.40. The average Bonchev–Trinajstić information content (AvgIpc) is 3.48. The number of furan rings is 1. The molecule has 1 amide bonds. The molecular weight excluding hydrogens is 421 g/mol. The van der Waals surface area contributed by atoms with E-state index in [-0.39, 0.29) is 23.6 Å². The fourth-order valence-corrected chi connectivity index (χ4v) is 5.13. The maximum absolute atomic E-state index is 14.1. The summed E-state index contributed by atoms with van der Waals surface area (Å²) in [6.45, 7) is 3.86. The Bertz CT molecular complexity index is 1230. The van der Waals surface area contributed by atoms with Gasteiger partial charge < -0.3 is 14.4 Å². The van der Waals surface area contributed by atoms with Crippen molar-refractivity contribution in [2.24, 2.45) is 0 Å². The molecule has 1 fully saturated rings.